The van der Waals surface area contributed by atoms with E-state index < -0.39 is 5.60 Å². The van der Waals surface area contributed by atoms with Gasteiger partial charge in [0.15, 0.2) is 0 Å². The van der Waals surface area contributed by atoms with Crippen molar-refractivity contribution in [2.75, 3.05) is 5.75 Å². The Balaban J connectivity index is 2.44. The molecule has 1 N–H and O–H groups in total. The molecular formula is C8H13NO2S. The highest BCUT2D eigenvalue weighted by Gasteiger charge is 2.14. The predicted octanol–water partition coefficient (Wildman–Crippen LogP) is 1.85. The van der Waals surface area contributed by atoms with E-state index in [0.717, 1.165) is 5.69 Å². The molecule has 0 radical (unpaired) electrons. The van der Waals surface area contributed by atoms with Crippen LogP contribution in [0.25, 0.3) is 0 Å². The number of hydrogen-bond donors (Lipinski definition) is 1. The maximum Gasteiger partial charge on any atom is 0.255 e. The van der Waals surface area contributed by atoms with E-state index in [1.807, 2.05) is 6.92 Å². The topological polar surface area (TPSA) is 46.3 Å². The molecular weight excluding hydrogens is 174 g/mol. The van der Waals surface area contributed by atoms with Gasteiger partial charge in [0.25, 0.3) is 5.22 Å². The van der Waals surface area contributed by atoms with Crippen molar-refractivity contribution in [1.29, 1.82) is 0 Å². The normalized spacial score (nSPS) is 12.0. The van der Waals surface area contributed by atoms with Crippen molar-refractivity contribution in [3.63, 3.8) is 0 Å². The molecule has 0 spiro atoms. The molecule has 68 valence electrons. The van der Waals surface area contributed by atoms with Gasteiger partial charge in [-0.15, -0.1) is 0 Å². The molecule has 3 nitrogen and oxygen atoms in total. The van der Waals surface area contributed by atoms with Crippen molar-refractivity contribution >= 4 is 11.8 Å². The second-order valence-corrected chi connectivity index (χ2v) is 4.28. The predicted molar refractivity (Wildman–Crippen MR) is 48.3 cm³/mol. The van der Waals surface area contributed by atoms with Crippen LogP contribution in [0, 0.1) is 6.92 Å². The quantitative estimate of drug-likeness (QED) is 0.733. The molecule has 0 aromatic carbocycles. The second-order valence-electron chi connectivity index (χ2n) is 3.36. The Morgan fingerprint density at radius 3 is 2.75 bits per heavy atom. The largest absolute Gasteiger partial charge is 0.440 e. The Morgan fingerprint density at radius 1 is 1.67 bits per heavy atom. The van der Waals surface area contributed by atoms with E-state index in [9.17, 15) is 5.11 Å². The third-order valence-electron chi connectivity index (χ3n) is 1.15. The van der Waals surface area contributed by atoms with Crippen LogP contribution in [0.5, 0.6) is 0 Å². The van der Waals surface area contributed by atoms with Gasteiger partial charge < -0.3 is 9.52 Å². The van der Waals surface area contributed by atoms with Crippen molar-refractivity contribution in [2.24, 2.45) is 0 Å². The maximum absolute atomic E-state index is 9.40. The molecule has 0 atom stereocenters. The first kappa shape index (κ1) is 9.61. The number of hydrogen-bond acceptors (Lipinski definition) is 4. The highest BCUT2D eigenvalue weighted by Crippen LogP contribution is 2.21. The summed E-state index contributed by atoms with van der Waals surface area (Å²) in [6.07, 6.45) is 1.60. The first-order valence-corrected chi connectivity index (χ1v) is 4.73. The molecule has 1 aromatic rings. The Hall–Kier alpha value is -0.480. The molecule has 1 rings (SSSR count). The van der Waals surface area contributed by atoms with E-state index in [-0.39, 0.29) is 0 Å². The zero-order valence-corrected chi connectivity index (χ0v) is 8.31. The zero-order valence-electron chi connectivity index (χ0n) is 7.50. The summed E-state index contributed by atoms with van der Waals surface area (Å²) in [6.45, 7) is 5.39. The molecule has 0 bridgehead atoms. The lowest BCUT2D eigenvalue weighted by atomic mass is 10.2. The summed E-state index contributed by atoms with van der Waals surface area (Å²) in [4.78, 5) is 4.10. The van der Waals surface area contributed by atoms with Crippen LogP contribution in [0.1, 0.15) is 19.5 Å². The van der Waals surface area contributed by atoms with Crippen LogP contribution in [0.2, 0.25) is 0 Å². The van der Waals surface area contributed by atoms with Crippen LogP contribution >= 0.6 is 11.8 Å². The van der Waals surface area contributed by atoms with Gasteiger partial charge in [-0.25, -0.2) is 4.98 Å². The van der Waals surface area contributed by atoms with Crippen LogP contribution in [0.4, 0.5) is 0 Å². The van der Waals surface area contributed by atoms with Crippen LogP contribution in [0.15, 0.2) is 15.9 Å². The zero-order chi connectivity index (χ0) is 9.19. The lowest BCUT2D eigenvalue weighted by Gasteiger charge is -2.14. The molecule has 1 heterocycles. The second kappa shape index (κ2) is 3.49. The molecule has 0 fully saturated rings. The van der Waals surface area contributed by atoms with E-state index in [1.165, 1.54) is 11.8 Å². The highest BCUT2D eigenvalue weighted by atomic mass is 32.2. The van der Waals surface area contributed by atoms with Gasteiger partial charge in [0.2, 0.25) is 0 Å². The van der Waals surface area contributed by atoms with Crippen LogP contribution in [-0.2, 0) is 0 Å². The molecule has 0 amide bonds. The summed E-state index contributed by atoms with van der Waals surface area (Å²) in [5.41, 5.74) is 0.195. The lowest BCUT2D eigenvalue weighted by Crippen LogP contribution is -2.21. The van der Waals surface area contributed by atoms with Gasteiger partial charge in [-0.1, -0.05) is 11.8 Å². The van der Waals surface area contributed by atoms with Gasteiger partial charge in [0.05, 0.1) is 11.3 Å². The molecule has 4 heteroatoms. The van der Waals surface area contributed by atoms with E-state index in [1.54, 1.807) is 20.1 Å². The van der Waals surface area contributed by atoms with Gasteiger partial charge >= 0.3 is 0 Å². The van der Waals surface area contributed by atoms with Gasteiger partial charge in [0.1, 0.15) is 6.26 Å². The van der Waals surface area contributed by atoms with E-state index >= 15 is 0 Å². The highest BCUT2D eigenvalue weighted by molar-refractivity contribution is 7.99. The van der Waals surface area contributed by atoms with Gasteiger partial charge in [-0.3, -0.25) is 0 Å². The Kier molecular flexibility index (Phi) is 2.80. The minimum Gasteiger partial charge on any atom is -0.440 e. The summed E-state index contributed by atoms with van der Waals surface area (Å²) in [6, 6.07) is 0. The van der Waals surface area contributed by atoms with Crippen molar-refractivity contribution in [1.82, 2.24) is 4.98 Å². The maximum atomic E-state index is 9.40. The fourth-order valence-electron chi connectivity index (χ4n) is 0.637. The minimum absolute atomic E-state index is 0.590. The van der Waals surface area contributed by atoms with Crippen molar-refractivity contribution in [2.45, 2.75) is 31.6 Å². The minimum atomic E-state index is -0.674. The summed E-state index contributed by atoms with van der Waals surface area (Å²) < 4.78 is 5.10. The Labute approximate surface area is 76.2 Å². The number of thioether (sulfide) groups is 1. The van der Waals surface area contributed by atoms with E-state index in [0.29, 0.717) is 11.0 Å². The van der Waals surface area contributed by atoms with Crippen LogP contribution < -0.4 is 0 Å². The fraction of sp³-hybridized carbons (Fsp3) is 0.625. The molecule has 1 aromatic heterocycles. The number of aryl methyl sites for hydroxylation is 1. The molecule has 12 heavy (non-hydrogen) atoms. The van der Waals surface area contributed by atoms with Crippen LogP contribution in [-0.4, -0.2) is 21.4 Å². The van der Waals surface area contributed by atoms with Crippen LogP contribution in [0.3, 0.4) is 0 Å². The number of aromatic nitrogens is 1. The molecule has 0 saturated heterocycles. The Bertz CT molecular complexity index is 252. The third kappa shape index (κ3) is 3.28. The molecule has 0 aliphatic carbocycles. The monoisotopic (exact) mass is 187 g/mol. The standard InChI is InChI=1S/C8H13NO2S/c1-6-4-11-7(9-6)12-5-8(2,3)10/h4,10H,5H2,1-3H3. The van der Waals surface area contributed by atoms with Gasteiger partial charge in [-0.05, 0) is 20.8 Å². The van der Waals surface area contributed by atoms with Crippen molar-refractivity contribution < 1.29 is 9.52 Å². The van der Waals surface area contributed by atoms with E-state index in [4.69, 9.17) is 4.42 Å². The molecule has 0 unspecified atom stereocenters. The Morgan fingerprint density at radius 2 is 2.33 bits per heavy atom. The average Bonchev–Trinajstić information content (AvgIpc) is 2.30. The number of nitrogens with zero attached hydrogens (tertiary/aromatic N) is 1. The smallest absolute Gasteiger partial charge is 0.255 e. The summed E-state index contributed by atoms with van der Waals surface area (Å²) in [5, 5.41) is 10.0. The van der Waals surface area contributed by atoms with Crippen molar-refractivity contribution in [3.05, 3.63) is 12.0 Å². The van der Waals surface area contributed by atoms with Gasteiger partial charge in [-0.2, -0.15) is 0 Å². The molecule has 0 aliphatic rings. The third-order valence-corrected chi connectivity index (χ3v) is 2.43. The molecule has 0 saturated carbocycles. The average molecular weight is 187 g/mol. The van der Waals surface area contributed by atoms with Gasteiger partial charge in [0, 0.05) is 5.75 Å². The summed E-state index contributed by atoms with van der Waals surface area (Å²) in [5.74, 6) is 0.590. The first-order valence-electron chi connectivity index (χ1n) is 3.75. The van der Waals surface area contributed by atoms with Crippen molar-refractivity contribution in [3.8, 4) is 0 Å². The van der Waals surface area contributed by atoms with E-state index in [2.05, 4.69) is 4.98 Å². The number of aliphatic hydroxyl groups is 1. The number of rotatable bonds is 3. The first-order chi connectivity index (χ1) is 5.47. The lowest BCUT2D eigenvalue weighted by molar-refractivity contribution is 0.106. The number of oxazole rings is 1. The fourth-order valence-corrected chi connectivity index (χ4v) is 1.44. The summed E-state index contributed by atoms with van der Waals surface area (Å²) in [7, 11) is 0. The SMILES string of the molecule is Cc1coc(SCC(C)(C)O)n1. The molecule has 0 aliphatic heterocycles. The summed E-state index contributed by atoms with van der Waals surface area (Å²) >= 11 is 1.42.